The van der Waals surface area contributed by atoms with Crippen molar-refractivity contribution in [1.82, 2.24) is 14.8 Å². The zero-order valence-corrected chi connectivity index (χ0v) is 19.9. The van der Waals surface area contributed by atoms with E-state index in [-0.39, 0.29) is 22.9 Å². The van der Waals surface area contributed by atoms with Crippen LogP contribution < -0.4 is 16.2 Å². The molecule has 176 valence electrons. The summed E-state index contributed by atoms with van der Waals surface area (Å²) in [6, 6.07) is 17.8. The highest BCUT2D eigenvalue weighted by molar-refractivity contribution is 6.05. The lowest BCUT2D eigenvalue weighted by Gasteiger charge is -2.14. The molecule has 8 nitrogen and oxygen atoms in total. The quantitative estimate of drug-likeness (QED) is 0.400. The van der Waals surface area contributed by atoms with Crippen LogP contribution in [0.4, 0.5) is 17.2 Å². The first-order valence-corrected chi connectivity index (χ1v) is 11.0. The van der Waals surface area contributed by atoms with Gasteiger partial charge in [-0.15, -0.1) is 0 Å². The third-order valence-electron chi connectivity index (χ3n) is 5.67. The number of pyridine rings is 1. The summed E-state index contributed by atoms with van der Waals surface area (Å²) in [4.78, 5) is 41.2. The minimum absolute atomic E-state index is 0.0870. The van der Waals surface area contributed by atoms with Gasteiger partial charge in [-0.1, -0.05) is 29.8 Å². The Morgan fingerprint density at radius 3 is 2.29 bits per heavy atom. The number of anilines is 3. The Bertz CT molecular complexity index is 1470. The van der Waals surface area contributed by atoms with Crippen LogP contribution in [0.15, 0.2) is 71.7 Å². The van der Waals surface area contributed by atoms with Gasteiger partial charge in [0.05, 0.1) is 5.69 Å². The molecule has 2 heterocycles. The van der Waals surface area contributed by atoms with Crippen LogP contribution in [0.5, 0.6) is 0 Å². The van der Waals surface area contributed by atoms with Gasteiger partial charge >= 0.3 is 0 Å². The average molecular weight is 468 g/mol. The first-order chi connectivity index (χ1) is 16.7. The van der Waals surface area contributed by atoms with Gasteiger partial charge in [-0.2, -0.15) is 5.10 Å². The van der Waals surface area contributed by atoms with Crippen LogP contribution in [-0.2, 0) is 7.05 Å². The Morgan fingerprint density at radius 2 is 1.63 bits per heavy atom. The molecule has 0 unspecified atom stereocenters. The number of hydrogen-bond donors (Lipinski definition) is 2. The van der Waals surface area contributed by atoms with Crippen LogP contribution in [0, 0.1) is 13.8 Å². The zero-order chi connectivity index (χ0) is 25.1. The van der Waals surface area contributed by atoms with Crippen molar-refractivity contribution in [2.24, 2.45) is 7.05 Å². The van der Waals surface area contributed by atoms with Gasteiger partial charge < -0.3 is 10.6 Å². The second-order valence-corrected chi connectivity index (χ2v) is 8.28. The third-order valence-corrected chi connectivity index (χ3v) is 5.67. The van der Waals surface area contributed by atoms with Crippen molar-refractivity contribution in [2.45, 2.75) is 20.8 Å². The van der Waals surface area contributed by atoms with Crippen molar-refractivity contribution in [3.63, 3.8) is 0 Å². The minimum atomic E-state index is -0.326. The molecule has 4 rings (SSSR count). The van der Waals surface area contributed by atoms with Crippen molar-refractivity contribution in [3.8, 4) is 11.3 Å². The molecule has 0 aliphatic rings. The molecule has 0 atom stereocenters. The van der Waals surface area contributed by atoms with Crippen LogP contribution in [0.1, 0.15) is 38.8 Å². The Morgan fingerprint density at radius 1 is 0.914 bits per heavy atom. The number of nitrogens with zero attached hydrogens (tertiary/aromatic N) is 3. The summed E-state index contributed by atoms with van der Waals surface area (Å²) >= 11 is 0. The van der Waals surface area contributed by atoms with Crippen molar-refractivity contribution >= 4 is 28.9 Å². The highest BCUT2D eigenvalue weighted by Crippen LogP contribution is 2.28. The number of hydrogen-bond acceptors (Lipinski definition) is 6. The first kappa shape index (κ1) is 23.6. The predicted octanol–water partition coefficient (Wildman–Crippen LogP) is 4.66. The number of aryl methyl sites for hydroxylation is 2. The molecule has 35 heavy (non-hydrogen) atoms. The Labute approximate surface area is 202 Å². The molecule has 2 N–H and O–H groups in total. The Kier molecular flexibility index (Phi) is 6.55. The molecule has 0 saturated heterocycles. The lowest BCUT2D eigenvalue weighted by molar-refractivity contribution is 0.101. The van der Waals surface area contributed by atoms with E-state index in [4.69, 9.17) is 0 Å². The number of Topliss-reactive ketones (excluding diaryl/α,β-unsaturated/α-hetero) is 1. The van der Waals surface area contributed by atoms with E-state index >= 15 is 0 Å². The monoisotopic (exact) mass is 467 g/mol. The van der Waals surface area contributed by atoms with Crippen LogP contribution >= 0.6 is 0 Å². The van der Waals surface area contributed by atoms with Crippen molar-refractivity contribution < 1.29 is 9.59 Å². The molecule has 0 aliphatic heterocycles. The maximum Gasteiger partial charge on any atom is 0.290 e. The maximum absolute atomic E-state index is 12.7. The Balaban J connectivity index is 1.65. The molecule has 0 bridgehead atoms. The largest absolute Gasteiger partial charge is 0.336 e. The van der Waals surface area contributed by atoms with Crippen LogP contribution in [0.3, 0.4) is 0 Å². The van der Waals surface area contributed by atoms with Crippen molar-refractivity contribution in [1.29, 1.82) is 0 Å². The topological polar surface area (TPSA) is 106 Å². The molecule has 0 saturated carbocycles. The second-order valence-electron chi connectivity index (χ2n) is 8.28. The van der Waals surface area contributed by atoms with Gasteiger partial charge in [0.1, 0.15) is 11.5 Å². The van der Waals surface area contributed by atoms with Crippen LogP contribution in [0.2, 0.25) is 0 Å². The van der Waals surface area contributed by atoms with Gasteiger partial charge in [0.2, 0.25) is 0 Å². The number of ketones is 1. The molecular formula is C27H25N5O3. The van der Waals surface area contributed by atoms with Crippen LogP contribution in [0.25, 0.3) is 11.3 Å². The first-order valence-electron chi connectivity index (χ1n) is 11.0. The third kappa shape index (κ3) is 5.16. The molecule has 0 aliphatic carbocycles. The summed E-state index contributed by atoms with van der Waals surface area (Å²) in [6.45, 7) is 5.33. The maximum atomic E-state index is 12.7. The lowest BCUT2D eigenvalue weighted by atomic mass is 10.0. The molecular weight excluding hydrogens is 442 g/mol. The standard InChI is InChI=1S/C27H25N5O3/c1-16-8-10-19(11-9-16)26(34)30-22-7-5-6-21(17(22)2)23-14-24(27(35)32(4)31-23)29-25-13-12-20(15-28-25)18(3)33/h5-15H,1-4H3,(H,28,29)(H,30,34). The van der Waals surface area contributed by atoms with E-state index in [0.717, 1.165) is 16.7 Å². The van der Waals surface area contributed by atoms with E-state index in [0.29, 0.717) is 28.3 Å². The fraction of sp³-hybridized carbons (Fsp3) is 0.148. The summed E-state index contributed by atoms with van der Waals surface area (Å²) in [7, 11) is 1.57. The van der Waals surface area contributed by atoms with Gasteiger partial charge in [-0.3, -0.25) is 14.4 Å². The van der Waals surface area contributed by atoms with Gasteiger partial charge in [-0.25, -0.2) is 9.67 Å². The number of nitrogens with one attached hydrogen (secondary N) is 2. The minimum Gasteiger partial charge on any atom is -0.336 e. The SMILES string of the molecule is CC(=O)c1ccc(Nc2cc(-c3cccc(NC(=O)c4ccc(C)cc4)c3C)nn(C)c2=O)nc1. The summed E-state index contributed by atoms with van der Waals surface area (Å²) in [5.41, 5.74) is 4.88. The summed E-state index contributed by atoms with van der Waals surface area (Å²) in [5.74, 6) is 0.136. The number of carbonyl (C=O) groups excluding carboxylic acids is 2. The summed E-state index contributed by atoms with van der Waals surface area (Å²) < 4.78 is 1.25. The van der Waals surface area contributed by atoms with E-state index < -0.39 is 0 Å². The lowest BCUT2D eigenvalue weighted by Crippen LogP contribution is -2.23. The normalized spacial score (nSPS) is 10.6. The fourth-order valence-electron chi connectivity index (χ4n) is 3.59. The number of aromatic nitrogens is 3. The second kappa shape index (κ2) is 9.72. The molecule has 2 aromatic heterocycles. The van der Waals surface area contributed by atoms with E-state index in [2.05, 4.69) is 20.7 Å². The summed E-state index contributed by atoms with van der Waals surface area (Å²) in [6.07, 6.45) is 1.46. The molecule has 1 amide bonds. The van der Waals surface area contributed by atoms with E-state index in [1.54, 1.807) is 37.4 Å². The molecule has 2 aromatic carbocycles. The molecule has 0 fully saturated rings. The number of carbonyl (C=O) groups is 2. The number of rotatable bonds is 6. The average Bonchev–Trinajstić information content (AvgIpc) is 2.84. The molecule has 4 aromatic rings. The summed E-state index contributed by atoms with van der Waals surface area (Å²) in [5, 5.41) is 10.4. The van der Waals surface area contributed by atoms with Gasteiger partial charge in [0.15, 0.2) is 5.78 Å². The molecule has 8 heteroatoms. The van der Waals surface area contributed by atoms with E-state index in [1.165, 1.54) is 17.8 Å². The predicted molar refractivity (Wildman–Crippen MR) is 136 cm³/mol. The van der Waals surface area contributed by atoms with Gasteiger partial charge in [0.25, 0.3) is 11.5 Å². The smallest absolute Gasteiger partial charge is 0.290 e. The molecule has 0 radical (unpaired) electrons. The van der Waals surface area contributed by atoms with E-state index in [1.807, 2.05) is 44.2 Å². The van der Waals surface area contributed by atoms with E-state index in [9.17, 15) is 14.4 Å². The fourth-order valence-corrected chi connectivity index (χ4v) is 3.59. The van der Waals surface area contributed by atoms with Crippen molar-refractivity contribution in [3.05, 3.63) is 99.5 Å². The van der Waals surface area contributed by atoms with Gasteiger partial charge in [0, 0.05) is 35.6 Å². The number of benzene rings is 2. The molecule has 0 spiro atoms. The van der Waals surface area contributed by atoms with Gasteiger partial charge in [-0.05, 0) is 62.7 Å². The zero-order valence-electron chi connectivity index (χ0n) is 19.9. The Hall–Kier alpha value is -4.59. The highest BCUT2D eigenvalue weighted by atomic mass is 16.2. The van der Waals surface area contributed by atoms with Crippen LogP contribution in [-0.4, -0.2) is 26.5 Å². The highest BCUT2D eigenvalue weighted by Gasteiger charge is 2.14. The van der Waals surface area contributed by atoms with Crippen molar-refractivity contribution in [2.75, 3.05) is 10.6 Å². The number of amides is 1.